The third kappa shape index (κ3) is 5.88. The number of hydrogen-bond acceptors (Lipinski definition) is 6. The van der Waals surface area contributed by atoms with Crippen molar-refractivity contribution in [2.75, 3.05) is 0 Å². The zero-order valence-electron chi connectivity index (χ0n) is 21.0. The van der Waals surface area contributed by atoms with Gasteiger partial charge in [-0.3, -0.25) is 0 Å². The first-order chi connectivity index (χ1) is 17.2. The van der Waals surface area contributed by atoms with Gasteiger partial charge in [-0.15, -0.1) is 0 Å². The summed E-state index contributed by atoms with van der Waals surface area (Å²) in [5.74, 6) is 0. The minimum Gasteiger partial charge on any atom is -0.247 e. The van der Waals surface area contributed by atoms with Crippen LogP contribution in [0.5, 0.6) is 0 Å². The summed E-state index contributed by atoms with van der Waals surface area (Å²) < 4.78 is 5.27. The molecule has 0 radical (unpaired) electrons. The maximum absolute atomic E-state index is 13.0. The van der Waals surface area contributed by atoms with Gasteiger partial charge in [0.25, 0.3) is 0 Å². The Balaban J connectivity index is 2.72. The number of allylic oxidation sites excluding steroid dienone is 8. The fourth-order valence-electron chi connectivity index (χ4n) is 3.42. The van der Waals surface area contributed by atoms with Crippen LogP contribution in [0.2, 0.25) is 0 Å². The van der Waals surface area contributed by atoms with Crippen molar-refractivity contribution in [2.45, 2.75) is 67.0 Å². The molecule has 0 saturated heterocycles. The normalized spacial score (nSPS) is 12.2. The van der Waals surface area contributed by atoms with Crippen LogP contribution in [0.3, 0.4) is 0 Å². The number of aromatic nitrogens is 6. The van der Waals surface area contributed by atoms with E-state index in [0.717, 1.165) is 27.4 Å². The third-order valence-electron chi connectivity index (χ3n) is 5.41. The van der Waals surface area contributed by atoms with Crippen molar-refractivity contribution >= 4 is 0 Å². The van der Waals surface area contributed by atoms with Crippen molar-refractivity contribution in [3.8, 4) is 0 Å². The van der Waals surface area contributed by atoms with Crippen molar-refractivity contribution in [3.63, 3.8) is 0 Å². The Labute approximate surface area is 206 Å². The van der Waals surface area contributed by atoms with Gasteiger partial charge in [0, 0.05) is 0 Å². The van der Waals surface area contributed by atoms with Gasteiger partial charge in [0.2, 0.25) is 0 Å². The Morgan fingerprint density at radius 3 is 0.778 bits per heavy atom. The van der Waals surface area contributed by atoms with Gasteiger partial charge in [-0.1, -0.05) is 48.6 Å². The molecule has 12 nitrogen and oxygen atoms in total. The summed E-state index contributed by atoms with van der Waals surface area (Å²) >= 11 is 0. The Morgan fingerprint density at radius 2 is 0.583 bits per heavy atom. The molecule has 0 fully saturated rings. The van der Waals surface area contributed by atoms with Crippen LogP contribution in [0.4, 0.5) is 0 Å². The maximum atomic E-state index is 13.0. The minimum absolute atomic E-state index is 0.0470. The van der Waals surface area contributed by atoms with E-state index in [-0.39, 0.29) is 39.3 Å². The van der Waals surface area contributed by atoms with Crippen LogP contribution in [0, 0.1) is 0 Å². The summed E-state index contributed by atoms with van der Waals surface area (Å²) in [5.41, 5.74) is -4.95. The van der Waals surface area contributed by atoms with Gasteiger partial charge in [0.1, 0.15) is 0 Å². The van der Waals surface area contributed by atoms with Crippen LogP contribution in [-0.4, -0.2) is 27.4 Å². The number of rotatable bonds is 11. The first-order valence-electron chi connectivity index (χ1n) is 11.6. The molecule has 0 unspecified atom stereocenters. The van der Waals surface area contributed by atoms with Crippen LogP contribution < -0.4 is 34.1 Å². The van der Waals surface area contributed by atoms with Crippen molar-refractivity contribution in [1.29, 1.82) is 0 Å². The Bertz CT molecular complexity index is 1330. The predicted molar refractivity (Wildman–Crippen MR) is 138 cm³/mol. The average molecular weight is 501 g/mol. The van der Waals surface area contributed by atoms with E-state index in [1.807, 2.05) is 0 Å². The first-order valence-corrected chi connectivity index (χ1v) is 11.6. The van der Waals surface area contributed by atoms with Gasteiger partial charge < -0.3 is 0 Å². The van der Waals surface area contributed by atoms with Crippen molar-refractivity contribution in [1.82, 2.24) is 27.4 Å². The molecule has 2 heterocycles. The smallest absolute Gasteiger partial charge is 0.247 e. The summed E-state index contributed by atoms with van der Waals surface area (Å²) in [4.78, 5) is 77.6. The van der Waals surface area contributed by atoms with E-state index in [4.69, 9.17) is 0 Å². The lowest BCUT2D eigenvalue weighted by Crippen LogP contribution is -2.57. The molecule has 2 aromatic heterocycles. The Hall–Kier alpha value is -4.22. The molecule has 0 bridgehead atoms. The van der Waals surface area contributed by atoms with Crippen molar-refractivity contribution in [2.24, 2.45) is 0 Å². The molecule has 0 aliphatic heterocycles. The van der Waals surface area contributed by atoms with E-state index in [2.05, 4.69) is 0 Å². The molecule has 0 aliphatic carbocycles. The molecule has 2 rings (SSSR count). The predicted octanol–water partition coefficient (Wildman–Crippen LogP) is -0.339. The summed E-state index contributed by atoms with van der Waals surface area (Å²) in [7, 11) is 0. The number of hydrogen-bond donors (Lipinski definition) is 0. The highest BCUT2D eigenvalue weighted by Gasteiger charge is 2.17. The van der Waals surface area contributed by atoms with Gasteiger partial charge in [0.15, 0.2) is 0 Å². The monoisotopic (exact) mass is 500 g/mol. The fraction of sp³-hybridized carbons (Fsp3) is 0.417. The van der Waals surface area contributed by atoms with E-state index in [1.165, 1.54) is 0 Å². The second kappa shape index (κ2) is 13.0. The second-order valence-corrected chi connectivity index (χ2v) is 7.72. The quantitative estimate of drug-likeness (QED) is 0.388. The SMILES string of the molecule is C/C=C/Cn1c(=O)n(C/C=C/C)c(=O)n(CCn2c(=O)n(C/C=C/C)c(=O)n(C/C=C/C)c2=O)c1=O. The fourth-order valence-corrected chi connectivity index (χ4v) is 3.42. The minimum atomic E-state index is -0.857. The molecular formula is C24H32N6O6. The van der Waals surface area contributed by atoms with Gasteiger partial charge in [0.05, 0.1) is 39.3 Å². The highest BCUT2D eigenvalue weighted by molar-refractivity contribution is 4.90. The Morgan fingerprint density at radius 1 is 0.389 bits per heavy atom. The lowest BCUT2D eigenvalue weighted by atomic mass is 10.5. The van der Waals surface area contributed by atoms with E-state index < -0.39 is 34.1 Å². The van der Waals surface area contributed by atoms with Crippen LogP contribution in [-0.2, 0) is 39.3 Å². The summed E-state index contributed by atoms with van der Waals surface area (Å²) in [6.07, 6.45) is 13.0. The van der Waals surface area contributed by atoms with Crippen molar-refractivity contribution < 1.29 is 0 Å². The third-order valence-corrected chi connectivity index (χ3v) is 5.41. The molecular weight excluding hydrogens is 468 g/mol. The summed E-state index contributed by atoms with van der Waals surface area (Å²) in [6, 6.07) is 0. The van der Waals surface area contributed by atoms with E-state index in [1.54, 1.807) is 76.3 Å². The highest BCUT2D eigenvalue weighted by Crippen LogP contribution is 1.86. The zero-order chi connectivity index (χ0) is 26.8. The molecule has 0 atom stereocenters. The average Bonchev–Trinajstić information content (AvgIpc) is 2.85. The molecule has 12 heteroatoms. The first kappa shape index (κ1) is 28.0. The van der Waals surface area contributed by atoms with Gasteiger partial charge >= 0.3 is 34.1 Å². The van der Waals surface area contributed by atoms with Gasteiger partial charge in [-0.25, -0.2) is 56.2 Å². The second-order valence-electron chi connectivity index (χ2n) is 7.72. The van der Waals surface area contributed by atoms with Crippen LogP contribution in [0.15, 0.2) is 77.4 Å². The lowest BCUT2D eigenvalue weighted by Gasteiger charge is -2.14. The van der Waals surface area contributed by atoms with Crippen molar-refractivity contribution in [3.05, 3.63) is 112 Å². The zero-order valence-corrected chi connectivity index (χ0v) is 21.0. The highest BCUT2D eigenvalue weighted by atomic mass is 16.2. The molecule has 0 aromatic carbocycles. The van der Waals surface area contributed by atoms with E-state index in [9.17, 15) is 28.8 Å². The van der Waals surface area contributed by atoms with Gasteiger partial charge in [-0.05, 0) is 27.7 Å². The molecule has 0 amide bonds. The van der Waals surface area contributed by atoms with E-state index >= 15 is 0 Å². The molecule has 36 heavy (non-hydrogen) atoms. The summed E-state index contributed by atoms with van der Waals surface area (Å²) in [6.45, 7) is 6.02. The van der Waals surface area contributed by atoms with Crippen LogP contribution in [0.1, 0.15) is 27.7 Å². The molecule has 194 valence electrons. The molecule has 0 aliphatic rings. The largest absolute Gasteiger partial charge is 0.336 e. The molecule has 2 aromatic rings. The maximum Gasteiger partial charge on any atom is 0.336 e. The lowest BCUT2D eigenvalue weighted by molar-refractivity contribution is 0.416. The van der Waals surface area contributed by atoms with Crippen LogP contribution >= 0.6 is 0 Å². The number of nitrogens with zero attached hydrogens (tertiary/aromatic N) is 6. The standard InChI is InChI=1S/C24H32N6O6/c1-5-9-13-25-19(31)26(14-10-6-2)22(34)29(21(25)33)17-18-30-23(35)27(15-11-7-3)20(32)28(24(30)36)16-12-8-4/h5-12H,13-18H2,1-4H3/b9-5+,10-6+,11-7+,12-8+. The molecule has 0 N–H and O–H groups in total. The molecule has 0 saturated carbocycles. The summed E-state index contributed by atoms with van der Waals surface area (Å²) in [5, 5.41) is 0. The Kier molecular flexibility index (Phi) is 10.1. The van der Waals surface area contributed by atoms with Crippen LogP contribution in [0.25, 0.3) is 0 Å². The van der Waals surface area contributed by atoms with Gasteiger partial charge in [-0.2, -0.15) is 0 Å². The van der Waals surface area contributed by atoms with E-state index in [0.29, 0.717) is 0 Å². The molecule has 0 spiro atoms. The topological polar surface area (TPSA) is 132 Å².